The summed E-state index contributed by atoms with van der Waals surface area (Å²) in [6.07, 6.45) is 0.339. The third-order valence-electron chi connectivity index (χ3n) is 5.28. The van der Waals surface area contributed by atoms with Crippen LogP contribution in [0.15, 0.2) is 33.5 Å². The summed E-state index contributed by atoms with van der Waals surface area (Å²) in [5, 5.41) is 9.14. The number of carbonyl (C=O) groups is 1. The number of benzene rings is 1. The molecule has 0 aliphatic carbocycles. The number of piperazine rings is 1. The number of hydrogen-bond acceptors (Lipinski definition) is 6. The summed E-state index contributed by atoms with van der Waals surface area (Å²) >= 11 is 0. The first-order valence-electron chi connectivity index (χ1n) is 9.89. The molecule has 0 unspecified atom stereocenters. The second-order valence-corrected chi connectivity index (χ2v) is 7.83. The van der Waals surface area contributed by atoms with Crippen LogP contribution in [0.5, 0.6) is 0 Å². The lowest BCUT2D eigenvalue weighted by atomic mass is 10.1. The molecule has 1 aliphatic heterocycles. The number of aromatic amines is 1. The monoisotopic (exact) mass is 395 g/mol. The number of H-pyrrole nitrogens is 1. The van der Waals surface area contributed by atoms with Crippen LogP contribution in [-0.4, -0.2) is 52.2 Å². The fourth-order valence-corrected chi connectivity index (χ4v) is 3.50. The molecule has 0 saturated carbocycles. The van der Waals surface area contributed by atoms with Crippen LogP contribution in [0.2, 0.25) is 0 Å². The van der Waals surface area contributed by atoms with Crippen molar-refractivity contribution in [3.63, 3.8) is 0 Å². The van der Waals surface area contributed by atoms with Gasteiger partial charge in [0.05, 0.1) is 6.42 Å². The summed E-state index contributed by atoms with van der Waals surface area (Å²) < 4.78 is 5.71. The predicted octanol–water partition coefficient (Wildman–Crippen LogP) is 2.23. The maximum Gasteiger partial charge on any atom is 0.318 e. The fraction of sp³-hybridized carbons (Fsp3) is 0.429. The highest BCUT2D eigenvalue weighted by Crippen LogP contribution is 2.20. The van der Waals surface area contributed by atoms with Gasteiger partial charge in [-0.05, 0) is 36.1 Å². The van der Waals surface area contributed by atoms with Crippen molar-refractivity contribution in [2.24, 2.45) is 0 Å². The largest absolute Gasteiger partial charge is 0.408 e. The van der Waals surface area contributed by atoms with Gasteiger partial charge in [0, 0.05) is 43.2 Å². The summed E-state index contributed by atoms with van der Waals surface area (Å²) in [4.78, 5) is 31.2. The quantitative estimate of drug-likeness (QED) is 0.728. The lowest BCUT2D eigenvalue weighted by molar-refractivity contribution is -0.130. The number of hydrogen-bond donors (Lipinski definition) is 1. The highest BCUT2D eigenvalue weighted by Gasteiger charge is 2.24. The highest BCUT2D eigenvalue weighted by atomic mass is 16.4. The Labute approximate surface area is 168 Å². The topological polar surface area (TPSA) is 95.3 Å². The molecular weight excluding hydrogens is 370 g/mol. The van der Waals surface area contributed by atoms with Crippen LogP contribution < -0.4 is 10.5 Å². The van der Waals surface area contributed by atoms with Gasteiger partial charge in [0.25, 0.3) is 5.56 Å². The third-order valence-corrected chi connectivity index (χ3v) is 5.28. The maximum absolute atomic E-state index is 12.8. The molecule has 2 aromatic heterocycles. The van der Waals surface area contributed by atoms with Crippen molar-refractivity contribution in [1.29, 1.82) is 0 Å². The van der Waals surface area contributed by atoms with Gasteiger partial charge in [0.1, 0.15) is 0 Å². The molecule has 1 fully saturated rings. The fourth-order valence-electron chi connectivity index (χ4n) is 3.50. The second kappa shape index (κ2) is 7.69. The van der Waals surface area contributed by atoms with E-state index < -0.39 is 0 Å². The Morgan fingerprint density at radius 3 is 2.62 bits per heavy atom. The number of fused-ring (bicyclic) bond motifs is 1. The maximum atomic E-state index is 12.8. The zero-order valence-corrected chi connectivity index (χ0v) is 16.9. The van der Waals surface area contributed by atoms with E-state index in [4.69, 9.17) is 4.42 Å². The first-order valence-corrected chi connectivity index (χ1v) is 9.89. The Hall–Kier alpha value is -3.16. The Kier molecular flexibility index (Phi) is 5.08. The van der Waals surface area contributed by atoms with Crippen LogP contribution in [0.25, 0.3) is 10.9 Å². The lowest BCUT2D eigenvalue weighted by Gasteiger charge is -2.33. The third kappa shape index (κ3) is 4.01. The Bertz CT molecular complexity index is 1090. The van der Waals surface area contributed by atoms with Crippen LogP contribution in [0.1, 0.15) is 36.8 Å². The molecule has 1 aromatic carbocycles. The van der Waals surface area contributed by atoms with E-state index in [0.717, 1.165) is 16.5 Å². The molecule has 1 aliphatic rings. The van der Waals surface area contributed by atoms with Gasteiger partial charge < -0.3 is 19.2 Å². The molecule has 0 bridgehead atoms. The molecule has 0 radical (unpaired) electrons. The summed E-state index contributed by atoms with van der Waals surface area (Å²) in [6, 6.07) is 8.11. The SMILES string of the molecule is Cc1cc2cc(CC(=O)N3CCN(c4nnc(C(C)C)o4)CC3)ccc2[nH]c1=O. The molecule has 152 valence electrons. The second-order valence-electron chi connectivity index (χ2n) is 7.83. The summed E-state index contributed by atoms with van der Waals surface area (Å²) in [5.74, 6) is 0.924. The number of amides is 1. The number of rotatable bonds is 4. The number of aromatic nitrogens is 3. The zero-order valence-electron chi connectivity index (χ0n) is 16.9. The van der Waals surface area contributed by atoms with Crippen molar-refractivity contribution in [1.82, 2.24) is 20.1 Å². The molecule has 1 saturated heterocycles. The number of nitrogens with zero attached hydrogens (tertiary/aromatic N) is 4. The van der Waals surface area contributed by atoms with Gasteiger partial charge in [-0.2, -0.15) is 0 Å². The molecule has 0 spiro atoms. The van der Waals surface area contributed by atoms with Gasteiger partial charge in [-0.3, -0.25) is 9.59 Å². The van der Waals surface area contributed by atoms with E-state index in [2.05, 4.69) is 15.2 Å². The lowest BCUT2D eigenvalue weighted by Crippen LogP contribution is -2.49. The average molecular weight is 395 g/mol. The molecule has 3 heterocycles. The van der Waals surface area contributed by atoms with Gasteiger partial charge in [-0.25, -0.2) is 0 Å². The summed E-state index contributed by atoms with van der Waals surface area (Å²) in [6.45, 7) is 8.39. The first kappa shape index (κ1) is 19.2. The molecule has 4 rings (SSSR count). The van der Waals surface area contributed by atoms with Crippen LogP contribution in [0, 0.1) is 6.92 Å². The molecule has 3 aromatic rings. The van der Waals surface area contributed by atoms with E-state index in [-0.39, 0.29) is 17.4 Å². The van der Waals surface area contributed by atoms with Crippen molar-refractivity contribution in [3.05, 3.63) is 51.6 Å². The van der Waals surface area contributed by atoms with E-state index in [9.17, 15) is 9.59 Å². The molecule has 0 atom stereocenters. The molecule has 29 heavy (non-hydrogen) atoms. The number of carbonyl (C=O) groups excluding carboxylic acids is 1. The standard InChI is InChI=1S/C21H25N5O3/c1-13(2)20-23-24-21(29-20)26-8-6-25(7-9-26)18(27)12-15-4-5-17-16(11-15)10-14(3)19(28)22-17/h4-5,10-11,13H,6-9,12H2,1-3H3,(H,22,28). The van der Waals surface area contributed by atoms with E-state index in [1.54, 1.807) is 6.92 Å². The minimum absolute atomic E-state index is 0.0824. The van der Waals surface area contributed by atoms with Crippen LogP contribution in [0.4, 0.5) is 6.01 Å². The molecule has 1 amide bonds. The van der Waals surface area contributed by atoms with Gasteiger partial charge in [0.15, 0.2) is 0 Å². The van der Waals surface area contributed by atoms with Gasteiger partial charge in [0.2, 0.25) is 11.8 Å². The Balaban J connectivity index is 1.39. The van der Waals surface area contributed by atoms with Crippen LogP contribution in [-0.2, 0) is 11.2 Å². The number of anilines is 1. The molecule has 8 heteroatoms. The van der Waals surface area contributed by atoms with Crippen LogP contribution >= 0.6 is 0 Å². The normalized spacial score (nSPS) is 14.8. The van der Waals surface area contributed by atoms with E-state index in [1.165, 1.54) is 0 Å². The Morgan fingerprint density at radius 1 is 1.17 bits per heavy atom. The van der Waals surface area contributed by atoms with Gasteiger partial charge in [-0.1, -0.05) is 25.0 Å². The predicted molar refractivity (Wildman–Crippen MR) is 110 cm³/mol. The summed E-state index contributed by atoms with van der Waals surface area (Å²) in [5.41, 5.74) is 2.31. The smallest absolute Gasteiger partial charge is 0.318 e. The average Bonchev–Trinajstić information content (AvgIpc) is 3.20. The van der Waals surface area contributed by atoms with Crippen molar-refractivity contribution in [2.75, 3.05) is 31.1 Å². The summed E-state index contributed by atoms with van der Waals surface area (Å²) in [7, 11) is 0. The number of nitrogens with one attached hydrogen (secondary N) is 1. The van der Waals surface area contributed by atoms with E-state index >= 15 is 0 Å². The van der Waals surface area contributed by atoms with Crippen molar-refractivity contribution >= 4 is 22.8 Å². The van der Waals surface area contributed by atoms with Crippen molar-refractivity contribution < 1.29 is 9.21 Å². The van der Waals surface area contributed by atoms with E-state index in [0.29, 0.717) is 50.1 Å². The van der Waals surface area contributed by atoms with Gasteiger partial charge >= 0.3 is 6.01 Å². The van der Waals surface area contributed by atoms with Crippen LogP contribution in [0.3, 0.4) is 0 Å². The number of aryl methyl sites for hydroxylation is 1. The molecule has 1 N–H and O–H groups in total. The van der Waals surface area contributed by atoms with Crippen molar-refractivity contribution in [3.8, 4) is 0 Å². The number of pyridine rings is 1. The first-order chi connectivity index (χ1) is 13.9. The molecule has 8 nitrogen and oxygen atoms in total. The molecular formula is C21H25N5O3. The van der Waals surface area contributed by atoms with E-state index in [1.807, 2.05) is 47.9 Å². The van der Waals surface area contributed by atoms with Crippen molar-refractivity contribution in [2.45, 2.75) is 33.1 Å². The Morgan fingerprint density at radius 2 is 1.93 bits per heavy atom. The highest BCUT2D eigenvalue weighted by molar-refractivity contribution is 5.83. The van der Waals surface area contributed by atoms with Gasteiger partial charge in [-0.15, -0.1) is 5.10 Å². The minimum atomic E-state index is -0.0824. The zero-order chi connectivity index (χ0) is 20.5. The minimum Gasteiger partial charge on any atom is -0.408 e.